The minimum absolute atomic E-state index is 0.0865. The molecule has 5 rings (SSSR count). The van der Waals surface area contributed by atoms with Crippen LogP contribution in [0.25, 0.3) is 16.7 Å². The first-order valence-electron chi connectivity index (χ1n) is 8.72. The fourth-order valence-corrected chi connectivity index (χ4v) is 3.86. The fraction of sp³-hybridized carbons (Fsp3) is 0.0417. The molecule has 5 aliphatic rings. The smallest absolute Gasteiger partial charge is 0.201 e. The molecule has 0 aromatic rings. The number of aliphatic hydroxyl groups excluding tert-OH is 1. The zero-order chi connectivity index (χ0) is 17.7. The Hall–Kier alpha value is -3.39. The number of aliphatic hydroxyl groups is 1. The van der Waals surface area contributed by atoms with Crippen LogP contribution in [0.3, 0.4) is 0 Å². The summed E-state index contributed by atoms with van der Waals surface area (Å²) < 4.78 is 0. The maximum absolute atomic E-state index is 13.0. The lowest BCUT2D eigenvalue weighted by molar-refractivity contribution is -0.111. The van der Waals surface area contributed by atoms with Gasteiger partial charge < -0.3 is 5.11 Å². The van der Waals surface area contributed by atoms with Gasteiger partial charge in [0.2, 0.25) is 5.78 Å². The van der Waals surface area contributed by atoms with E-state index in [4.69, 9.17) is 0 Å². The van der Waals surface area contributed by atoms with E-state index in [1.807, 2.05) is 66.8 Å². The number of ketones is 1. The topological polar surface area (TPSA) is 37.3 Å². The third kappa shape index (κ3) is 2.02. The number of carbonyl (C=O) groups is 1. The van der Waals surface area contributed by atoms with Crippen molar-refractivity contribution in [2.45, 2.75) is 6.42 Å². The van der Waals surface area contributed by atoms with Gasteiger partial charge in [-0.3, -0.25) is 4.79 Å². The van der Waals surface area contributed by atoms with Crippen LogP contribution in [0.1, 0.15) is 12.0 Å². The minimum Gasteiger partial charge on any atom is -0.506 e. The second-order valence-electron chi connectivity index (χ2n) is 6.61. The van der Waals surface area contributed by atoms with Crippen LogP contribution >= 0.6 is 0 Å². The van der Waals surface area contributed by atoms with Gasteiger partial charge in [0.25, 0.3) is 0 Å². The lowest BCUT2D eigenvalue weighted by Crippen LogP contribution is -2.22. The van der Waals surface area contributed by atoms with Gasteiger partial charge in [-0.1, -0.05) is 78.9 Å². The lowest BCUT2D eigenvalue weighted by Gasteiger charge is -2.24. The number of rotatable bonds is 1. The molecule has 26 heavy (non-hydrogen) atoms. The third-order valence-electron chi connectivity index (χ3n) is 5.16. The van der Waals surface area contributed by atoms with E-state index >= 15 is 0 Å². The highest BCUT2D eigenvalue weighted by Gasteiger charge is 2.39. The number of Topliss-reactive ketones (excluding diaryl/α,β-unsaturated/α-hetero) is 1. The Bertz CT molecular complexity index is 1120. The van der Waals surface area contributed by atoms with E-state index in [1.165, 1.54) is 0 Å². The molecular weight excluding hydrogens is 320 g/mol. The first-order chi connectivity index (χ1) is 12.8. The summed E-state index contributed by atoms with van der Waals surface area (Å²) in [5.41, 5.74) is 6.62. The van der Waals surface area contributed by atoms with Gasteiger partial charge in [0.05, 0.1) is 11.1 Å². The Morgan fingerprint density at radius 1 is 0.885 bits per heavy atom. The number of allylic oxidation sites excluding steroid dienone is 11. The van der Waals surface area contributed by atoms with Gasteiger partial charge in [0.1, 0.15) is 5.76 Å². The van der Waals surface area contributed by atoms with Crippen molar-refractivity contribution < 1.29 is 9.90 Å². The number of fused-ring (bicyclic) bond motifs is 2. The molecule has 0 fully saturated rings. The van der Waals surface area contributed by atoms with Crippen LogP contribution in [0.4, 0.5) is 0 Å². The molecule has 0 heterocycles. The van der Waals surface area contributed by atoms with Crippen molar-refractivity contribution in [2.24, 2.45) is 0 Å². The SMILES string of the molecule is O=C1C(c2ccc3cccccc2-3)=C(O)/C1=C1\C=CC2=CCC=CC=C21. The summed E-state index contributed by atoms with van der Waals surface area (Å²) in [6, 6.07) is 13.8. The summed E-state index contributed by atoms with van der Waals surface area (Å²) in [7, 11) is 0. The standard InChI is InChI=1S/C24H16O2/c25-23-21(19-13-11-15-7-3-1-5-9-17(15)19)24(26)22(23)20-14-12-16-8-4-2-6-10-18(16)20/h1-3,5-14,25H,4H2/b22-20-. The third-order valence-corrected chi connectivity index (χ3v) is 5.16. The van der Waals surface area contributed by atoms with Crippen LogP contribution in [0.5, 0.6) is 0 Å². The van der Waals surface area contributed by atoms with Crippen molar-refractivity contribution in [1.82, 2.24) is 0 Å². The first-order valence-corrected chi connectivity index (χ1v) is 8.72. The van der Waals surface area contributed by atoms with Crippen molar-refractivity contribution >= 4 is 11.4 Å². The molecule has 0 aromatic heterocycles. The van der Waals surface area contributed by atoms with E-state index in [2.05, 4.69) is 12.2 Å². The minimum atomic E-state index is -0.0865. The fourth-order valence-electron chi connectivity index (χ4n) is 3.86. The van der Waals surface area contributed by atoms with Crippen LogP contribution < -0.4 is 0 Å². The zero-order valence-electron chi connectivity index (χ0n) is 14.1. The molecule has 0 atom stereocenters. The van der Waals surface area contributed by atoms with Gasteiger partial charge in [-0.15, -0.1) is 0 Å². The second kappa shape index (κ2) is 5.57. The van der Waals surface area contributed by atoms with Crippen molar-refractivity contribution in [3.63, 3.8) is 0 Å². The summed E-state index contributed by atoms with van der Waals surface area (Å²) in [5.74, 6) is 0.0144. The molecule has 0 radical (unpaired) electrons. The van der Waals surface area contributed by atoms with Crippen LogP contribution in [0.15, 0.2) is 107 Å². The summed E-state index contributed by atoms with van der Waals surface area (Å²) >= 11 is 0. The predicted molar refractivity (Wildman–Crippen MR) is 104 cm³/mol. The van der Waals surface area contributed by atoms with E-state index in [-0.39, 0.29) is 11.5 Å². The molecule has 124 valence electrons. The number of carbonyl (C=O) groups excluding carboxylic acids is 1. The Labute approximate surface area is 151 Å². The largest absolute Gasteiger partial charge is 0.506 e. The molecular formula is C24H16O2. The molecule has 0 amide bonds. The molecule has 0 aromatic carbocycles. The van der Waals surface area contributed by atoms with Gasteiger partial charge in [-0.05, 0) is 39.8 Å². The van der Waals surface area contributed by atoms with E-state index < -0.39 is 0 Å². The van der Waals surface area contributed by atoms with Crippen molar-refractivity contribution in [3.05, 3.63) is 113 Å². The normalized spacial score (nSPS) is 21.5. The Kier molecular flexibility index (Phi) is 3.19. The van der Waals surface area contributed by atoms with E-state index in [1.54, 1.807) is 0 Å². The van der Waals surface area contributed by atoms with Crippen LogP contribution in [-0.4, -0.2) is 10.9 Å². The molecule has 0 saturated heterocycles. The summed E-state index contributed by atoms with van der Waals surface area (Å²) in [4.78, 5) is 13.0. The Morgan fingerprint density at radius 2 is 1.77 bits per heavy atom. The highest BCUT2D eigenvalue weighted by molar-refractivity contribution is 6.40. The van der Waals surface area contributed by atoms with Crippen molar-refractivity contribution in [2.75, 3.05) is 0 Å². The predicted octanol–water partition coefficient (Wildman–Crippen LogP) is 5.32. The average molecular weight is 336 g/mol. The van der Waals surface area contributed by atoms with E-state index in [0.29, 0.717) is 11.1 Å². The van der Waals surface area contributed by atoms with Gasteiger partial charge in [-0.25, -0.2) is 0 Å². The monoisotopic (exact) mass is 336 g/mol. The second-order valence-corrected chi connectivity index (χ2v) is 6.61. The van der Waals surface area contributed by atoms with Gasteiger partial charge in [0.15, 0.2) is 0 Å². The molecule has 1 N–H and O–H groups in total. The van der Waals surface area contributed by atoms with Crippen LogP contribution in [0, 0.1) is 0 Å². The molecule has 0 saturated carbocycles. The van der Waals surface area contributed by atoms with Crippen LogP contribution in [-0.2, 0) is 4.79 Å². The van der Waals surface area contributed by atoms with Gasteiger partial charge in [-0.2, -0.15) is 0 Å². The van der Waals surface area contributed by atoms with Crippen molar-refractivity contribution in [1.29, 1.82) is 0 Å². The van der Waals surface area contributed by atoms with Gasteiger partial charge >= 0.3 is 0 Å². The highest BCUT2D eigenvalue weighted by Crippen LogP contribution is 2.46. The maximum atomic E-state index is 13.0. The number of hydrogen-bond donors (Lipinski definition) is 1. The highest BCUT2D eigenvalue weighted by atomic mass is 16.3. The average Bonchev–Trinajstić information content (AvgIpc) is 3.01. The maximum Gasteiger partial charge on any atom is 0.201 e. The zero-order valence-corrected chi connectivity index (χ0v) is 14.1. The van der Waals surface area contributed by atoms with E-state index in [9.17, 15) is 9.90 Å². The Balaban J connectivity index is 1.65. The summed E-state index contributed by atoms with van der Waals surface area (Å²) in [6.07, 6.45) is 13.0. The Morgan fingerprint density at radius 3 is 2.65 bits per heavy atom. The lowest BCUT2D eigenvalue weighted by atomic mass is 9.79. The van der Waals surface area contributed by atoms with Gasteiger partial charge in [0, 0.05) is 0 Å². The summed E-state index contributed by atoms with van der Waals surface area (Å²) in [5, 5.41) is 10.8. The molecule has 0 unspecified atom stereocenters. The molecule has 2 nitrogen and oxygen atoms in total. The molecule has 2 heteroatoms. The molecule has 5 aliphatic carbocycles. The van der Waals surface area contributed by atoms with Crippen LogP contribution in [0.2, 0.25) is 0 Å². The molecule has 0 spiro atoms. The quantitative estimate of drug-likeness (QED) is 0.715. The first kappa shape index (κ1) is 14.9. The molecule has 0 aliphatic heterocycles. The molecule has 0 bridgehead atoms. The summed E-state index contributed by atoms with van der Waals surface area (Å²) in [6.45, 7) is 0. The number of hydrogen-bond acceptors (Lipinski definition) is 2. The van der Waals surface area contributed by atoms with E-state index in [0.717, 1.165) is 39.8 Å². The van der Waals surface area contributed by atoms with Crippen molar-refractivity contribution in [3.8, 4) is 11.1 Å².